The van der Waals surface area contributed by atoms with Crippen LogP contribution >= 0.6 is 0 Å². The highest BCUT2D eigenvalue weighted by Gasteiger charge is 2.43. The molecule has 0 fully saturated rings. The van der Waals surface area contributed by atoms with Crippen LogP contribution in [0.25, 0.3) is 71.3 Å². The Morgan fingerprint density at radius 1 is 0.362 bits per heavy atom. The molecule has 9 aromatic carbocycles. The summed E-state index contributed by atoms with van der Waals surface area (Å²) >= 11 is 0. The van der Waals surface area contributed by atoms with E-state index in [4.69, 9.17) is 0 Å². The quantitative estimate of drug-likeness (QED) is 0.170. The predicted molar refractivity (Wildman–Crippen MR) is 246 cm³/mol. The first-order valence-electron chi connectivity index (χ1n) is 20.5. The van der Waals surface area contributed by atoms with Gasteiger partial charge >= 0.3 is 0 Å². The molecule has 0 bridgehead atoms. The number of rotatable bonds is 5. The first-order valence-corrected chi connectivity index (χ1v) is 20.5. The molecular formula is C56H42N2. The number of benzene rings is 9. The van der Waals surface area contributed by atoms with Crippen LogP contribution in [0.15, 0.2) is 182 Å². The van der Waals surface area contributed by atoms with Gasteiger partial charge in [-0.05, 0) is 102 Å². The maximum atomic E-state index is 2.61. The summed E-state index contributed by atoms with van der Waals surface area (Å²) in [5, 5.41) is 7.67. The van der Waals surface area contributed by atoms with Crippen LogP contribution in [-0.4, -0.2) is 4.57 Å². The molecule has 2 heteroatoms. The van der Waals surface area contributed by atoms with Gasteiger partial charge < -0.3 is 9.47 Å². The topological polar surface area (TPSA) is 8.17 Å². The van der Waals surface area contributed by atoms with E-state index >= 15 is 0 Å². The molecule has 0 N–H and O–H groups in total. The highest BCUT2D eigenvalue weighted by molar-refractivity contribution is 6.15. The maximum Gasteiger partial charge on any atom is 0.0583 e. The number of fused-ring (bicyclic) bond motifs is 3. The van der Waals surface area contributed by atoms with Crippen molar-refractivity contribution < 1.29 is 0 Å². The fourth-order valence-corrected chi connectivity index (χ4v) is 10.6. The monoisotopic (exact) mass is 742 g/mol. The number of hydrogen-bond donors (Lipinski definition) is 0. The van der Waals surface area contributed by atoms with Gasteiger partial charge in [0, 0.05) is 38.7 Å². The van der Waals surface area contributed by atoms with Crippen molar-refractivity contribution in [1.82, 2.24) is 4.57 Å². The van der Waals surface area contributed by atoms with E-state index in [9.17, 15) is 0 Å². The fourth-order valence-electron chi connectivity index (χ4n) is 10.6. The van der Waals surface area contributed by atoms with Crippen molar-refractivity contribution in [1.29, 1.82) is 0 Å². The zero-order valence-electron chi connectivity index (χ0n) is 33.2. The molecule has 0 radical (unpaired) electrons. The highest BCUT2D eigenvalue weighted by atomic mass is 15.1. The molecule has 10 aromatic rings. The number of para-hydroxylation sites is 2. The minimum atomic E-state index is -0.223. The highest BCUT2D eigenvalue weighted by Crippen LogP contribution is 2.56. The molecule has 58 heavy (non-hydrogen) atoms. The maximum absolute atomic E-state index is 2.61. The molecule has 2 nitrogen and oxygen atoms in total. The molecule has 1 aromatic heterocycles. The van der Waals surface area contributed by atoms with E-state index in [0.29, 0.717) is 0 Å². The van der Waals surface area contributed by atoms with Crippen LogP contribution < -0.4 is 4.90 Å². The zero-order chi connectivity index (χ0) is 38.9. The molecule has 3 heterocycles. The minimum absolute atomic E-state index is 0.116. The number of hydrogen-bond acceptors (Lipinski definition) is 1. The summed E-state index contributed by atoms with van der Waals surface area (Å²) in [6.45, 7) is 9.65. The lowest BCUT2D eigenvalue weighted by molar-refractivity contribution is 0.593. The van der Waals surface area contributed by atoms with Crippen molar-refractivity contribution in [2.24, 2.45) is 0 Å². The molecule has 276 valence electrons. The summed E-state index contributed by atoms with van der Waals surface area (Å²) in [4.78, 5) is 2.47. The third kappa shape index (κ3) is 4.49. The van der Waals surface area contributed by atoms with E-state index in [1.807, 2.05) is 0 Å². The van der Waals surface area contributed by atoms with Gasteiger partial charge in [0.15, 0.2) is 0 Å². The van der Waals surface area contributed by atoms with Crippen LogP contribution in [0.3, 0.4) is 0 Å². The SMILES string of the molecule is CC1(C)c2cccc3c2-n2c4c1cccc4c1cc(N(c4ccc(-c5cccc6ccccc56)cc4)c4ccc(-c5cccc6ccccc56)cc4)cc(c12)C3(C)C. The predicted octanol–water partition coefficient (Wildman–Crippen LogP) is 15.2. The van der Waals surface area contributed by atoms with Gasteiger partial charge in [-0.2, -0.15) is 0 Å². The van der Waals surface area contributed by atoms with E-state index in [1.165, 1.54) is 93.5 Å². The smallest absolute Gasteiger partial charge is 0.0583 e. The zero-order valence-corrected chi connectivity index (χ0v) is 33.2. The van der Waals surface area contributed by atoms with Gasteiger partial charge in [0.05, 0.1) is 16.7 Å². The Morgan fingerprint density at radius 3 is 1.40 bits per heavy atom. The van der Waals surface area contributed by atoms with Gasteiger partial charge in [-0.1, -0.05) is 173 Å². The van der Waals surface area contributed by atoms with Crippen molar-refractivity contribution in [3.8, 4) is 27.9 Å². The van der Waals surface area contributed by atoms with Crippen molar-refractivity contribution in [3.63, 3.8) is 0 Å². The van der Waals surface area contributed by atoms with Gasteiger partial charge in [0.25, 0.3) is 0 Å². The lowest BCUT2D eigenvalue weighted by Crippen LogP contribution is -2.33. The Bertz CT molecular complexity index is 3190. The van der Waals surface area contributed by atoms with Crippen molar-refractivity contribution in [3.05, 3.63) is 204 Å². The summed E-state index contributed by atoms with van der Waals surface area (Å²) < 4.78 is 2.61. The Hall–Kier alpha value is -6.90. The summed E-state index contributed by atoms with van der Waals surface area (Å²) in [6, 6.07) is 67.8. The Morgan fingerprint density at radius 2 is 0.810 bits per heavy atom. The molecule has 2 aliphatic heterocycles. The molecular weight excluding hydrogens is 701 g/mol. The van der Waals surface area contributed by atoms with Crippen LogP contribution in [-0.2, 0) is 10.8 Å². The summed E-state index contributed by atoms with van der Waals surface area (Å²) in [6.07, 6.45) is 0. The molecule has 0 unspecified atom stereocenters. The average molecular weight is 743 g/mol. The normalized spacial score (nSPS) is 14.5. The summed E-state index contributed by atoms with van der Waals surface area (Å²) in [7, 11) is 0. The Balaban J connectivity index is 1.09. The summed E-state index contributed by atoms with van der Waals surface area (Å²) in [5.41, 5.74) is 17.6. The Labute approximate surface area is 339 Å². The molecule has 0 saturated carbocycles. The summed E-state index contributed by atoms with van der Waals surface area (Å²) in [5.74, 6) is 0. The van der Waals surface area contributed by atoms with Gasteiger partial charge in [0.2, 0.25) is 0 Å². The van der Waals surface area contributed by atoms with E-state index in [1.54, 1.807) is 0 Å². The van der Waals surface area contributed by atoms with Crippen LogP contribution in [0.1, 0.15) is 49.9 Å². The third-order valence-electron chi connectivity index (χ3n) is 13.5. The standard InChI is InChI=1S/C56H42N2/c1-55(2)48-22-11-21-46-47-33-41(34-51-53(47)58(52(46)48)54-49(55)23-12-24-50(54)56(51,3)4)57(39-29-25-37(26-30-39)44-19-9-15-35-13-5-7-17-42(35)44)40-31-27-38(28-32-40)45-20-10-16-36-14-6-8-18-43(36)45/h5-34H,1-4H3. The van der Waals surface area contributed by atoms with Crippen LogP contribution in [0.5, 0.6) is 0 Å². The third-order valence-corrected chi connectivity index (χ3v) is 13.5. The largest absolute Gasteiger partial charge is 0.310 e. The first-order chi connectivity index (χ1) is 28.3. The minimum Gasteiger partial charge on any atom is -0.310 e. The van der Waals surface area contributed by atoms with Crippen LogP contribution in [0.4, 0.5) is 17.1 Å². The fraction of sp³-hybridized carbons (Fsp3) is 0.107. The lowest BCUT2D eigenvalue weighted by Gasteiger charge is -2.42. The van der Waals surface area contributed by atoms with Crippen LogP contribution in [0, 0.1) is 0 Å². The van der Waals surface area contributed by atoms with E-state index in [2.05, 4.69) is 219 Å². The van der Waals surface area contributed by atoms with Crippen molar-refractivity contribution in [2.45, 2.75) is 38.5 Å². The van der Waals surface area contributed by atoms with Gasteiger partial charge in [-0.15, -0.1) is 0 Å². The molecule has 0 amide bonds. The van der Waals surface area contributed by atoms with Gasteiger partial charge in [-0.3, -0.25) is 0 Å². The van der Waals surface area contributed by atoms with E-state index in [-0.39, 0.29) is 10.8 Å². The Kier molecular flexibility index (Phi) is 6.78. The molecule has 2 aliphatic rings. The molecule has 12 rings (SSSR count). The average Bonchev–Trinajstić information content (AvgIpc) is 3.60. The molecule has 0 saturated heterocycles. The van der Waals surface area contributed by atoms with E-state index in [0.717, 1.165) is 17.1 Å². The van der Waals surface area contributed by atoms with Crippen molar-refractivity contribution in [2.75, 3.05) is 4.90 Å². The number of anilines is 3. The second-order valence-corrected chi connectivity index (χ2v) is 17.4. The molecule has 0 aliphatic carbocycles. The van der Waals surface area contributed by atoms with Gasteiger partial charge in [-0.25, -0.2) is 0 Å². The molecule has 0 atom stereocenters. The molecule has 0 spiro atoms. The van der Waals surface area contributed by atoms with Crippen LogP contribution in [0.2, 0.25) is 0 Å². The van der Waals surface area contributed by atoms with Gasteiger partial charge in [0.1, 0.15) is 0 Å². The lowest BCUT2D eigenvalue weighted by atomic mass is 9.68. The van der Waals surface area contributed by atoms with E-state index < -0.39 is 0 Å². The number of aromatic nitrogens is 1. The number of nitrogens with zero attached hydrogens (tertiary/aromatic N) is 2. The van der Waals surface area contributed by atoms with Crippen molar-refractivity contribution >= 4 is 60.4 Å². The second-order valence-electron chi connectivity index (χ2n) is 17.4. The second kappa shape index (κ2) is 11.8. The first kappa shape index (κ1) is 33.3.